The van der Waals surface area contributed by atoms with Crippen molar-refractivity contribution < 1.29 is 22.7 Å². The molecule has 3 rings (SSSR count). The van der Waals surface area contributed by atoms with Gasteiger partial charge in [0.25, 0.3) is 0 Å². The van der Waals surface area contributed by atoms with E-state index in [1.165, 1.54) is 6.33 Å². The first-order valence-electron chi connectivity index (χ1n) is 10.6. The van der Waals surface area contributed by atoms with Gasteiger partial charge in [-0.15, -0.1) is 0 Å². The van der Waals surface area contributed by atoms with Gasteiger partial charge >= 0.3 is 6.18 Å². The van der Waals surface area contributed by atoms with E-state index in [-0.39, 0.29) is 6.54 Å². The molecule has 0 saturated heterocycles. The molecule has 0 fully saturated rings. The molecule has 1 heterocycles. The van der Waals surface area contributed by atoms with Gasteiger partial charge in [-0.05, 0) is 62.2 Å². The Morgan fingerprint density at radius 3 is 2.38 bits per heavy atom. The Balaban J connectivity index is 1.80. The van der Waals surface area contributed by atoms with Crippen LogP contribution in [0.3, 0.4) is 0 Å². The number of hydrogen-bond donors (Lipinski definition) is 1. The van der Waals surface area contributed by atoms with Crippen LogP contribution in [-0.2, 0) is 11.3 Å². The summed E-state index contributed by atoms with van der Waals surface area (Å²) in [6, 6.07) is 12.1. The third-order valence-electron chi connectivity index (χ3n) is 5.16. The molecule has 34 heavy (non-hydrogen) atoms. The maximum Gasteiger partial charge on any atom is 0.402 e. The van der Waals surface area contributed by atoms with E-state index in [0.29, 0.717) is 34.4 Å². The first kappa shape index (κ1) is 25.4. The summed E-state index contributed by atoms with van der Waals surface area (Å²) in [7, 11) is 0. The predicted octanol–water partition coefficient (Wildman–Crippen LogP) is 5.85. The van der Waals surface area contributed by atoms with Gasteiger partial charge in [-0.25, -0.2) is 15.0 Å². The Labute approximate surface area is 200 Å². The summed E-state index contributed by atoms with van der Waals surface area (Å²) in [5, 5.41) is 2.69. The zero-order chi connectivity index (χ0) is 24.9. The first-order valence-corrected chi connectivity index (χ1v) is 11.0. The number of carbonyl (C=O) groups is 1. The van der Waals surface area contributed by atoms with Crippen LogP contribution < -0.4 is 10.1 Å². The quantitative estimate of drug-likeness (QED) is 0.426. The number of benzene rings is 2. The van der Waals surface area contributed by atoms with Gasteiger partial charge in [-0.2, -0.15) is 13.2 Å². The highest BCUT2D eigenvalue weighted by atomic mass is 35.5. The third-order valence-corrected chi connectivity index (χ3v) is 5.49. The fourth-order valence-corrected chi connectivity index (χ4v) is 3.07. The van der Waals surface area contributed by atoms with Crippen LogP contribution in [-0.4, -0.2) is 33.6 Å². The number of halogens is 4. The Morgan fingerprint density at radius 1 is 1.06 bits per heavy atom. The Hall–Kier alpha value is -3.20. The number of aromatic nitrogens is 3. The summed E-state index contributed by atoms with van der Waals surface area (Å²) in [5.74, 6) is 0.343. The second-order valence-electron chi connectivity index (χ2n) is 8.13. The normalized spacial score (nSPS) is 11.9. The van der Waals surface area contributed by atoms with Gasteiger partial charge in [0.15, 0.2) is 11.6 Å². The van der Waals surface area contributed by atoms with Gasteiger partial charge in [-0.1, -0.05) is 24.6 Å². The maximum absolute atomic E-state index is 13.1. The van der Waals surface area contributed by atoms with Gasteiger partial charge in [0.1, 0.15) is 17.5 Å². The lowest BCUT2D eigenvalue weighted by Crippen LogP contribution is -2.46. The number of rotatable bonds is 8. The summed E-state index contributed by atoms with van der Waals surface area (Å²) in [6.07, 6.45) is -2.40. The lowest BCUT2D eigenvalue weighted by Gasteiger charge is -2.26. The van der Waals surface area contributed by atoms with E-state index in [0.717, 1.165) is 31.6 Å². The Bertz CT molecular complexity index is 1150. The zero-order valence-corrected chi connectivity index (χ0v) is 19.7. The van der Waals surface area contributed by atoms with Crippen molar-refractivity contribution in [3.05, 3.63) is 59.4 Å². The summed E-state index contributed by atoms with van der Waals surface area (Å²) < 4.78 is 44.9. The molecule has 0 atom stereocenters. The SMILES string of the molecule is CCCOc1ccc(-c2ncnc(-c3cc(CNC(=O)C(C)(C)C(F)(F)F)ccc3Cl)n2)cc1. The van der Waals surface area contributed by atoms with Gasteiger partial charge in [0.2, 0.25) is 5.91 Å². The number of ether oxygens (including phenoxy) is 1. The van der Waals surface area contributed by atoms with Crippen LogP contribution in [0.4, 0.5) is 13.2 Å². The highest BCUT2D eigenvalue weighted by Gasteiger charge is 2.52. The Morgan fingerprint density at radius 2 is 1.74 bits per heavy atom. The van der Waals surface area contributed by atoms with Crippen LogP contribution in [0.2, 0.25) is 5.02 Å². The van der Waals surface area contributed by atoms with E-state index in [9.17, 15) is 18.0 Å². The second kappa shape index (κ2) is 10.4. The zero-order valence-electron chi connectivity index (χ0n) is 18.9. The van der Waals surface area contributed by atoms with Crippen molar-refractivity contribution in [3.63, 3.8) is 0 Å². The van der Waals surface area contributed by atoms with Crippen molar-refractivity contribution in [2.75, 3.05) is 6.61 Å². The van der Waals surface area contributed by atoms with Crippen molar-refractivity contribution in [1.82, 2.24) is 20.3 Å². The van der Waals surface area contributed by atoms with Crippen LogP contribution in [0, 0.1) is 5.41 Å². The van der Waals surface area contributed by atoms with Crippen LogP contribution in [0.15, 0.2) is 48.8 Å². The molecule has 0 spiro atoms. The minimum atomic E-state index is -4.66. The topological polar surface area (TPSA) is 77.0 Å². The number of carbonyl (C=O) groups excluding carboxylic acids is 1. The molecule has 0 radical (unpaired) electrons. The van der Waals surface area contributed by atoms with E-state index >= 15 is 0 Å². The molecule has 0 aliphatic rings. The maximum atomic E-state index is 13.1. The van der Waals surface area contributed by atoms with Gasteiger partial charge in [-0.3, -0.25) is 4.79 Å². The smallest absolute Gasteiger partial charge is 0.402 e. The molecule has 0 aliphatic carbocycles. The average molecular weight is 493 g/mol. The molecule has 0 unspecified atom stereocenters. The largest absolute Gasteiger partial charge is 0.494 e. The highest BCUT2D eigenvalue weighted by molar-refractivity contribution is 6.33. The molecular weight excluding hydrogens is 469 g/mol. The molecule has 180 valence electrons. The minimum absolute atomic E-state index is 0.111. The molecule has 10 heteroatoms. The first-order chi connectivity index (χ1) is 16.0. The minimum Gasteiger partial charge on any atom is -0.494 e. The van der Waals surface area contributed by atoms with E-state index in [2.05, 4.69) is 20.3 Å². The molecule has 2 aromatic carbocycles. The van der Waals surface area contributed by atoms with Crippen LogP contribution in [0.1, 0.15) is 32.8 Å². The van der Waals surface area contributed by atoms with Crippen molar-refractivity contribution in [2.24, 2.45) is 5.41 Å². The molecule has 1 N–H and O–H groups in total. The van der Waals surface area contributed by atoms with Crippen LogP contribution in [0.5, 0.6) is 5.75 Å². The van der Waals surface area contributed by atoms with Crippen molar-refractivity contribution in [1.29, 1.82) is 0 Å². The number of amides is 1. The summed E-state index contributed by atoms with van der Waals surface area (Å²) in [4.78, 5) is 25.0. The summed E-state index contributed by atoms with van der Waals surface area (Å²) >= 11 is 6.34. The number of nitrogens with one attached hydrogen (secondary N) is 1. The molecule has 1 aromatic heterocycles. The lowest BCUT2D eigenvalue weighted by atomic mass is 9.91. The fraction of sp³-hybridized carbons (Fsp3) is 0.333. The third kappa shape index (κ3) is 5.83. The van der Waals surface area contributed by atoms with E-state index < -0.39 is 17.5 Å². The Kier molecular flexibility index (Phi) is 7.76. The summed E-state index contributed by atoms with van der Waals surface area (Å²) in [5.41, 5.74) is -0.746. The van der Waals surface area contributed by atoms with Crippen molar-refractivity contribution >= 4 is 17.5 Å². The van der Waals surface area contributed by atoms with Crippen LogP contribution in [0.25, 0.3) is 22.8 Å². The molecule has 3 aromatic rings. The van der Waals surface area contributed by atoms with Gasteiger partial charge < -0.3 is 10.1 Å². The second-order valence-corrected chi connectivity index (χ2v) is 8.53. The van der Waals surface area contributed by atoms with Gasteiger partial charge in [0.05, 0.1) is 11.6 Å². The van der Waals surface area contributed by atoms with Crippen molar-refractivity contribution in [3.8, 4) is 28.5 Å². The number of hydrogen-bond acceptors (Lipinski definition) is 5. The number of alkyl halides is 3. The molecule has 6 nitrogen and oxygen atoms in total. The van der Waals surface area contributed by atoms with Crippen molar-refractivity contribution in [2.45, 2.75) is 39.9 Å². The highest BCUT2D eigenvalue weighted by Crippen LogP contribution is 2.37. The average Bonchev–Trinajstić information content (AvgIpc) is 2.81. The predicted molar refractivity (Wildman–Crippen MR) is 123 cm³/mol. The summed E-state index contributed by atoms with van der Waals surface area (Å²) in [6.45, 7) is 4.21. The monoisotopic (exact) mass is 492 g/mol. The van der Waals surface area contributed by atoms with Crippen LogP contribution >= 0.6 is 11.6 Å². The van der Waals surface area contributed by atoms with E-state index in [4.69, 9.17) is 16.3 Å². The molecule has 0 bridgehead atoms. The number of nitrogens with zero attached hydrogens (tertiary/aromatic N) is 3. The molecular formula is C24H24ClF3N4O2. The standard InChI is InChI=1S/C24H24ClF3N4O2/c1-4-11-34-17-8-6-16(7-9-17)20-30-14-31-21(32-20)18-12-15(5-10-19(18)25)13-29-22(33)23(2,3)24(26,27)28/h5-10,12,14H,4,11,13H2,1-3H3,(H,29,33). The molecule has 0 saturated carbocycles. The lowest BCUT2D eigenvalue weighted by molar-refractivity contribution is -0.211. The fourth-order valence-electron chi connectivity index (χ4n) is 2.87. The molecule has 0 aliphatic heterocycles. The van der Waals surface area contributed by atoms with E-state index in [1.54, 1.807) is 18.2 Å². The molecule has 1 amide bonds. The van der Waals surface area contributed by atoms with Gasteiger partial charge in [0, 0.05) is 17.7 Å². The van der Waals surface area contributed by atoms with E-state index in [1.807, 2.05) is 31.2 Å².